The average molecular weight is 337 g/mol. The summed E-state index contributed by atoms with van der Waals surface area (Å²) in [5.74, 6) is 0.519. The summed E-state index contributed by atoms with van der Waals surface area (Å²) in [5, 5.41) is 0.447. The molecule has 0 unspecified atom stereocenters. The van der Waals surface area contributed by atoms with E-state index in [1.807, 2.05) is 0 Å². The first-order chi connectivity index (χ1) is 10.8. The van der Waals surface area contributed by atoms with Crippen molar-refractivity contribution in [3.8, 4) is 5.75 Å². The van der Waals surface area contributed by atoms with E-state index in [0.717, 1.165) is 5.56 Å². The van der Waals surface area contributed by atoms with E-state index in [4.69, 9.17) is 20.8 Å². The fourth-order valence-electron chi connectivity index (χ4n) is 2.22. The number of aryl methyl sites for hydroxylation is 2. The minimum Gasteiger partial charge on any atom is -0.496 e. The molecular formula is C16H17ClN2O4. The molecule has 0 spiro atoms. The Labute approximate surface area is 138 Å². The highest BCUT2D eigenvalue weighted by Gasteiger charge is 2.20. The van der Waals surface area contributed by atoms with Gasteiger partial charge in [0.15, 0.2) is 0 Å². The van der Waals surface area contributed by atoms with Gasteiger partial charge in [0.25, 0.3) is 11.8 Å². The van der Waals surface area contributed by atoms with Crippen molar-refractivity contribution in [2.24, 2.45) is 0 Å². The lowest BCUT2D eigenvalue weighted by Crippen LogP contribution is -2.42. The topological polar surface area (TPSA) is 80.6 Å². The first-order valence-electron chi connectivity index (χ1n) is 6.86. The molecule has 0 radical (unpaired) electrons. The fraction of sp³-hybridized carbons (Fsp3) is 0.250. The van der Waals surface area contributed by atoms with Gasteiger partial charge >= 0.3 is 0 Å². The normalized spacial score (nSPS) is 10.3. The summed E-state index contributed by atoms with van der Waals surface area (Å²) < 4.78 is 10.5. The molecule has 1 heterocycles. The molecule has 1 aromatic carbocycles. The molecule has 2 aromatic rings. The number of halogens is 1. The average Bonchev–Trinajstić information content (AvgIpc) is 2.77. The third-order valence-electron chi connectivity index (χ3n) is 3.49. The lowest BCUT2D eigenvalue weighted by molar-refractivity contribution is 0.0843. The van der Waals surface area contributed by atoms with Crippen LogP contribution >= 0.6 is 11.6 Å². The van der Waals surface area contributed by atoms with Crippen LogP contribution in [0, 0.1) is 20.8 Å². The molecular weight excluding hydrogens is 320 g/mol. The van der Waals surface area contributed by atoms with Crippen LogP contribution in [0.15, 0.2) is 22.6 Å². The second-order valence-corrected chi connectivity index (χ2v) is 5.40. The maximum Gasteiger partial charge on any atom is 0.273 e. The molecule has 0 saturated carbocycles. The number of methoxy groups -OCH3 is 1. The van der Waals surface area contributed by atoms with E-state index in [-0.39, 0.29) is 5.56 Å². The minimum absolute atomic E-state index is 0.258. The summed E-state index contributed by atoms with van der Waals surface area (Å²) in [6.07, 6.45) is 0. The number of hydrogen-bond donors (Lipinski definition) is 2. The van der Waals surface area contributed by atoms with Crippen molar-refractivity contribution >= 4 is 23.4 Å². The van der Waals surface area contributed by atoms with Crippen LogP contribution in [0.5, 0.6) is 5.75 Å². The van der Waals surface area contributed by atoms with Gasteiger partial charge in [-0.1, -0.05) is 11.6 Å². The Kier molecular flexibility index (Phi) is 4.95. The number of hydrogen-bond acceptors (Lipinski definition) is 4. The SMILES string of the molecule is COc1cc(Cl)ccc1C(=O)NNC(=O)c1c(C)oc(C)c1C. The monoisotopic (exact) mass is 336 g/mol. The Morgan fingerprint density at radius 2 is 1.74 bits per heavy atom. The predicted octanol–water partition coefficient (Wildman–Crippen LogP) is 2.94. The van der Waals surface area contributed by atoms with Crippen LogP contribution in [-0.4, -0.2) is 18.9 Å². The fourth-order valence-corrected chi connectivity index (χ4v) is 2.39. The van der Waals surface area contributed by atoms with E-state index >= 15 is 0 Å². The summed E-state index contributed by atoms with van der Waals surface area (Å²) in [5.41, 5.74) is 6.12. The van der Waals surface area contributed by atoms with Crippen molar-refractivity contribution in [3.05, 3.63) is 51.4 Å². The lowest BCUT2D eigenvalue weighted by Gasteiger charge is -2.10. The van der Waals surface area contributed by atoms with E-state index in [9.17, 15) is 9.59 Å². The van der Waals surface area contributed by atoms with Gasteiger partial charge in [-0.05, 0) is 39.0 Å². The van der Waals surface area contributed by atoms with Crippen LogP contribution in [0.2, 0.25) is 5.02 Å². The molecule has 2 amide bonds. The smallest absolute Gasteiger partial charge is 0.273 e. The Morgan fingerprint density at radius 1 is 1.09 bits per heavy atom. The highest BCUT2D eigenvalue weighted by atomic mass is 35.5. The number of ether oxygens (including phenoxy) is 1. The molecule has 0 aliphatic rings. The Morgan fingerprint density at radius 3 is 2.30 bits per heavy atom. The number of benzene rings is 1. The molecule has 23 heavy (non-hydrogen) atoms. The first kappa shape index (κ1) is 16.9. The number of amides is 2. The van der Waals surface area contributed by atoms with Gasteiger partial charge in [-0.15, -0.1) is 0 Å². The molecule has 0 fully saturated rings. The summed E-state index contributed by atoms with van der Waals surface area (Å²) in [6.45, 7) is 5.25. The van der Waals surface area contributed by atoms with Crippen molar-refractivity contribution in [2.75, 3.05) is 7.11 Å². The third-order valence-corrected chi connectivity index (χ3v) is 3.72. The number of hydrazine groups is 1. The second kappa shape index (κ2) is 6.75. The molecule has 6 nitrogen and oxygen atoms in total. The van der Waals surface area contributed by atoms with Crippen molar-refractivity contribution in [2.45, 2.75) is 20.8 Å². The molecule has 1 aromatic heterocycles. The number of carbonyl (C=O) groups excluding carboxylic acids is 2. The van der Waals surface area contributed by atoms with Gasteiger partial charge in [0.05, 0.1) is 18.2 Å². The summed E-state index contributed by atoms with van der Waals surface area (Å²) in [7, 11) is 1.43. The van der Waals surface area contributed by atoms with Gasteiger partial charge in [0, 0.05) is 10.6 Å². The zero-order valence-electron chi connectivity index (χ0n) is 13.2. The largest absolute Gasteiger partial charge is 0.496 e. The third kappa shape index (κ3) is 3.48. The van der Waals surface area contributed by atoms with Crippen molar-refractivity contribution in [3.63, 3.8) is 0 Å². The zero-order chi connectivity index (χ0) is 17.1. The minimum atomic E-state index is -0.512. The molecule has 0 atom stereocenters. The second-order valence-electron chi connectivity index (χ2n) is 4.97. The lowest BCUT2D eigenvalue weighted by atomic mass is 10.1. The van der Waals surface area contributed by atoms with Crippen LogP contribution in [0.3, 0.4) is 0 Å². The molecule has 7 heteroatoms. The number of furan rings is 1. The Balaban J connectivity index is 2.12. The zero-order valence-corrected chi connectivity index (χ0v) is 14.0. The summed E-state index contributed by atoms with van der Waals surface area (Å²) >= 11 is 5.85. The number of nitrogens with one attached hydrogen (secondary N) is 2. The summed E-state index contributed by atoms with van der Waals surface area (Å²) in [6, 6.07) is 4.60. The van der Waals surface area contributed by atoms with Crippen molar-refractivity contribution in [1.82, 2.24) is 10.9 Å². The quantitative estimate of drug-likeness (QED) is 0.844. The van der Waals surface area contributed by atoms with E-state index in [1.165, 1.54) is 19.2 Å². The van der Waals surface area contributed by atoms with Gasteiger partial charge in [0.2, 0.25) is 0 Å². The maximum atomic E-state index is 12.2. The molecule has 0 saturated heterocycles. The number of carbonyl (C=O) groups is 2. The van der Waals surface area contributed by atoms with Gasteiger partial charge in [-0.3, -0.25) is 20.4 Å². The molecule has 0 aliphatic carbocycles. The predicted molar refractivity (Wildman–Crippen MR) is 85.9 cm³/mol. The van der Waals surface area contributed by atoms with E-state index < -0.39 is 11.8 Å². The number of rotatable bonds is 3. The van der Waals surface area contributed by atoms with Gasteiger partial charge in [0.1, 0.15) is 17.3 Å². The Hall–Kier alpha value is -2.47. The van der Waals surface area contributed by atoms with Crippen molar-refractivity contribution in [1.29, 1.82) is 0 Å². The van der Waals surface area contributed by atoms with Crippen LogP contribution in [0.4, 0.5) is 0 Å². The van der Waals surface area contributed by atoms with Gasteiger partial charge < -0.3 is 9.15 Å². The standard InChI is InChI=1S/C16H17ClN2O4/c1-8-9(2)23-10(3)14(8)16(21)19-18-15(20)12-6-5-11(17)7-13(12)22-4/h5-7H,1-4H3,(H,18,20)(H,19,21). The molecule has 0 bridgehead atoms. The van der Waals surface area contributed by atoms with Crippen LogP contribution in [0.25, 0.3) is 0 Å². The van der Waals surface area contributed by atoms with E-state index in [0.29, 0.717) is 27.9 Å². The molecule has 2 N–H and O–H groups in total. The van der Waals surface area contributed by atoms with E-state index in [1.54, 1.807) is 26.8 Å². The van der Waals surface area contributed by atoms with Crippen LogP contribution in [-0.2, 0) is 0 Å². The highest BCUT2D eigenvalue weighted by Crippen LogP contribution is 2.23. The Bertz CT molecular complexity index is 768. The van der Waals surface area contributed by atoms with Crippen LogP contribution < -0.4 is 15.6 Å². The first-order valence-corrected chi connectivity index (χ1v) is 7.23. The van der Waals surface area contributed by atoms with Crippen molar-refractivity contribution < 1.29 is 18.7 Å². The van der Waals surface area contributed by atoms with Crippen LogP contribution in [0.1, 0.15) is 37.8 Å². The highest BCUT2D eigenvalue weighted by molar-refractivity contribution is 6.30. The molecule has 122 valence electrons. The van der Waals surface area contributed by atoms with E-state index in [2.05, 4.69) is 10.9 Å². The molecule has 0 aliphatic heterocycles. The van der Waals surface area contributed by atoms with Gasteiger partial charge in [-0.2, -0.15) is 0 Å². The summed E-state index contributed by atoms with van der Waals surface area (Å²) in [4.78, 5) is 24.4. The van der Waals surface area contributed by atoms with Gasteiger partial charge in [-0.25, -0.2) is 0 Å². The molecule has 2 rings (SSSR count). The maximum absolute atomic E-state index is 12.2.